The molecule has 0 fully saturated rings. The fraction of sp³-hybridized carbons (Fsp3) is 0.368. The van der Waals surface area contributed by atoms with Crippen LogP contribution in [0.5, 0.6) is 0 Å². The van der Waals surface area contributed by atoms with Crippen LogP contribution in [0.25, 0.3) is 0 Å². The molecule has 112 valence electrons. The molecule has 0 spiro atoms. The number of nitrogens with one attached hydrogen (secondary N) is 1. The first-order chi connectivity index (χ1) is 10.3. The van der Waals surface area contributed by atoms with Gasteiger partial charge < -0.3 is 5.32 Å². The first-order valence-corrected chi connectivity index (χ1v) is 8.78. The van der Waals surface area contributed by atoms with Gasteiger partial charge in [0.1, 0.15) is 0 Å². The van der Waals surface area contributed by atoms with Crippen LogP contribution in [-0.4, -0.2) is 12.3 Å². The van der Waals surface area contributed by atoms with Crippen LogP contribution >= 0.6 is 11.8 Å². The second-order valence-corrected chi connectivity index (χ2v) is 6.50. The standard InChI is InChI=1S/C19H25NS/c1-3-14-20-16(2)18-9-11-19(12-10-18)21-15-13-17-7-5-4-6-8-17/h4-12,16,20H,3,13-15H2,1-2H3. The summed E-state index contributed by atoms with van der Waals surface area (Å²) in [5.41, 5.74) is 2.79. The summed E-state index contributed by atoms with van der Waals surface area (Å²) >= 11 is 1.93. The van der Waals surface area contributed by atoms with E-state index in [0.717, 1.165) is 18.7 Å². The van der Waals surface area contributed by atoms with Crippen molar-refractivity contribution >= 4 is 11.8 Å². The van der Waals surface area contributed by atoms with E-state index in [2.05, 4.69) is 73.8 Å². The molecule has 2 aromatic carbocycles. The average Bonchev–Trinajstić information content (AvgIpc) is 2.54. The van der Waals surface area contributed by atoms with Crippen LogP contribution in [0.3, 0.4) is 0 Å². The lowest BCUT2D eigenvalue weighted by atomic mass is 10.1. The fourth-order valence-electron chi connectivity index (χ4n) is 2.26. The third-order valence-corrected chi connectivity index (χ3v) is 4.60. The molecule has 0 heterocycles. The van der Waals surface area contributed by atoms with Gasteiger partial charge in [-0.1, -0.05) is 49.4 Å². The van der Waals surface area contributed by atoms with Crippen molar-refractivity contribution in [2.45, 2.75) is 37.6 Å². The van der Waals surface area contributed by atoms with Gasteiger partial charge >= 0.3 is 0 Å². The molecule has 1 N–H and O–H groups in total. The van der Waals surface area contributed by atoms with Crippen LogP contribution in [0.4, 0.5) is 0 Å². The van der Waals surface area contributed by atoms with E-state index in [1.807, 2.05) is 11.8 Å². The summed E-state index contributed by atoms with van der Waals surface area (Å²) in [6, 6.07) is 20.1. The minimum Gasteiger partial charge on any atom is -0.310 e. The van der Waals surface area contributed by atoms with Crippen molar-refractivity contribution in [1.29, 1.82) is 0 Å². The third-order valence-electron chi connectivity index (χ3n) is 3.58. The quantitative estimate of drug-likeness (QED) is 0.682. The fourth-order valence-corrected chi connectivity index (χ4v) is 3.16. The number of aryl methyl sites for hydroxylation is 1. The number of hydrogen-bond acceptors (Lipinski definition) is 2. The van der Waals surface area contributed by atoms with E-state index in [1.54, 1.807) is 0 Å². The Balaban J connectivity index is 1.79. The van der Waals surface area contributed by atoms with Crippen LogP contribution in [0.15, 0.2) is 59.5 Å². The highest BCUT2D eigenvalue weighted by Gasteiger charge is 2.04. The topological polar surface area (TPSA) is 12.0 Å². The molecule has 0 saturated heterocycles. The van der Waals surface area contributed by atoms with Crippen molar-refractivity contribution in [3.8, 4) is 0 Å². The lowest BCUT2D eigenvalue weighted by Crippen LogP contribution is -2.19. The molecule has 1 unspecified atom stereocenters. The van der Waals surface area contributed by atoms with E-state index in [9.17, 15) is 0 Å². The van der Waals surface area contributed by atoms with Crippen molar-refractivity contribution in [3.63, 3.8) is 0 Å². The van der Waals surface area contributed by atoms with Crippen LogP contribution < -0.4 is 5.32 Å². The van der Waals surface area contributed by atoms with Crippen molar-refractivity contribution in [2.75, 3.05) is 12.3 Å². The van der Waals surface area contributed by atoms with Gasteiger partial charge in [-0.3, -0.25) is 0 Å². The molecule has 0 radical (unpaired) electrons. The van der Waals surface area contributed by atoms with Gasteiger partial charge in [0.25, 0.3) is 0 Å². The molecule has 2 aromatic rings. The Labute approximate surface area is 133 Å². The maximum Gasteiger partial charge on any atom is 0.0291 e. The van der Waals surface area contributed by atoms with E-state index in [1.165, 1.54) is 22.4 Å². The first-order valence-electron chi connectivity index (χ1n) is 7.79. The highest BCUT2D eigenvalue weighted by Crippen LogP contribution is 2.22. The van der Waals surface area contributed by atoms with Crippen molar-refractivity contribution < 1.29 is 0 Å². The van der Waals surface area contributed by atoms with Crippen LogP contribution in [0, 0.1) is 0 Å². The lowest BCUT2D eigenvalue weighted by Gasteiger charge is -2.14. The monoisotopic (exact) mass is 299 g/mol. The van der Waals surface area contributed by atoms with Crippen LogP contribution in [0.2, 0.25) is 0 Å². The zero-order valence-electron chi connectivity index (χ0n) is 13.0. The molecule has 0 bridgehead atoms. The normalized spacial score (nSPS) is 12.3. The second-order valence-electron chi connectivity index (χ2n) is 5.33. The minimum atomic E-state index is 0.438. The van der Waals surface area contributed by atoms with Gasteiger partial charge in [-0.2, -0.15) is 0 Å². The summed E-state index contributed by atoms with van der Waals surface area (Å²) in [6.07, 6.45) is 2.31. The Kier molecular flexibility index (Phi) is 6.84. The number of hydrogen-bond donors (Lipinski definition) is 1. The first kappa shape index (κ1) is 16.1. The van der Waals surface area contributed by atoms with E-state index in [-0.39, 0.29) is 0 Å². The smallest absolute Gasteiger partial charge is 0.0291 e. The Morgan fingerprint density at radius 3 is 2.38 bits per heavy atom. The Hall–Kier alpha value is -1.25. The van der Waals surface area contributed by atoms with Gasteiger partial charge in [-0.05, 0) is 49.6 Å². The summed E-state index contributed by atoms with van der Waals surface area (Å²) in [7, 11) is 0. The molecule has 1 atom stereocenters. The molecule has 0 aromatic heterocycles. The highest BCUT2D eigenvalue weighted by molar-refractivity contribution is 7.99. The second kappa shape index (κ2) is 8.91. The summed E-state index contributed by atoms with van der Waals surface area (Å²) < 4.78 is 0. The molecular weight excluding hydrogens is 274 g/mol. The third kappa shape index (κ3) is 5.56. The summed E-state index contributed by atoms with van der Waals surface area (Å²) in [4.78, 5) is 1.36. The minimum absolute atomic E-state index is 0.438. The molecule has 0 aliphatic heterocycles. The molecule has 0 aliphatic carbocycles. The van der Waals surface area contributed by atoms with E-state index >= 15 is 0 Å². The van der Waals surface area contributed by atoms with E-state index in [4.69, 9.17) is 0 Å². The largest absolute Gasteiger partial charge is 0.310 e. The Morgan fingerprint density at radius 1 is 1.00 bits per heavy atom. The maximum atomic E-state index is 3.53. The average molecular weight is 299 g/mol. The van der Waals surface area contributed by atoms with Gasteiger partial charge in [0, 0.05) is 16.7 Å². The molecule has 2 heteroatoms. The van der Waals surface area contributed by atoms with Gasteiger partial charge in [-0.25, -0.2) is 0 Å². The summed E-state index contributed by atoms with van der Waals surface area (Å²) in [5.74, 6) is 1.13. The van der Waals surface area contributed by atoms with Crippen molar-refractivity contribution in [3.05, 3.63) is 65.7 Å². The molecule has 0 aliphatic rings. The molecular formula is C19H25NS. The summed E-state index contributed by atoms with van der Waals surface area (Å²) in [6.45, 7) is 5.51. The Bertz CT molecular complexity index is 507. The number of rotatable bonds is 8. The van der Waals surface area contributed by atoms with Crippen LogP contribution in [0.1, 0.15) is 37.4 Å². The summed E-state index contributed by atoms with van der Waals surface area (Å²) in [5, 5.41) is 3.53. The predicted octanol–water partition coefficient (Wildman–Crippen LogP) is 5.08. The van der Waals surface area contributed by atoms with Gasteiger partial charge in [0.05, 0.1) is 0 Å². The zero-order valence-corrected chi connectivity index (χ0v) is 13.8. The molecule has 0 amide bonds. The molecule has 2 rings (SSSR count). The van der Waals surface area contributed by atoms with E-state index < -0.39 is 0 Å². The SMILES string of the molecule is CCCNC(C)c1ccc(SCCc2ccccc2)cc1. The predicted molar refractivity (Wildman–Crippen MR) is 94.0 cm³/mol. The number of thioether (sulfide) groups is 1. The Morgan fingerprint density at radius 2 is 1.71 bits per heavy atom. The van der Waals surface area contributed by atoms with Crippen molar-refractivity contribution in [2.24, 2.45) is 0 Å². The van der Waals surface area contributed by atoms with Crippen molar-refractivity contribution in [1.82, 2.24) is 5.32 Å². The molecule has 0 saturated carbocycles. The van der Waals surface area contributed by atoms with Gasteiger partial charge in [0.15, 0.2) is 0 Å². The van der Waals surface area contributed by atoms with Crippen LogP contribution in [-0.2, 0) is 6.42 Å². The highest BCUT2D eigenvalue weighted by atomic mass is 32.2. The maximum absolute atomic E-state index is 3.53. The lowest BCUT2D eigenvalue weighted by molar-refractivity contribution is 0.570. The van der Waals surface area contributed by atoms with E-state index in [0.29, 0.717) is 6.04 Å². The molecule has 21 heavy (non-hydrogen) atoms. The molecule has 1 nitrogen and oxygen atoms in total. The van der Waals surface area contributed by atoms with Gasteiger partial charge in [0.2, 0.25) is 0 Å². The number of benzene rings is 2. The zero-order chi connectivity index (χ0) is 14.9. The van der Waals surface area contributed by atoms with Gasteiger partial charge in [-0.15, -0.1) is 11.8 Å².